The molecule has 19 heteroatoms. The highest BCUT2D eigenvalue weighted by atomic mass is 31.2. The minimum absolute atomic E-state index is 0.0174. The van der Waals surface area contributed by atoms with Gasteiger partial charge in [0.1, 0.15) is 43.2 Å². The number of aliphatic hydroxyl groups excluding tert-OH is 4. The van der Waals surface area contributed by atoms with Crippen molar-refractivity contribution in [3.8, 4) is 0 Å². The number of ether oxygens (including phenoxy) is 3. The second kappa shape index (κ2) is 33.4. The fraction of sp³-hybridized carbons (Fsp3) is 0.778. The van der Waals surface area contributed by atoms with Crippen molar-refractivity contribution in [2.45, 2.75) is 210 Å². The lowest BCUT2D eigenvalue weighted by Gasteiger charge is -2.43. The van der Waals surface area contributed by atoms with E-state index in [1.807, 2.05) is 12.2 Å². The van der Waals surface area contributed by atoms with Crippen LogP contribution in [0.4, 0.5) is 0 Å². The van der Waals surface area contributed by atoms with E-state index in [4.69, 9.17) is 33.0 Å². The third-order valence-corrected chi connectivity index (χ3v) is 12.3. The molecule has 10 atom stereocenters. The van der Waals surface area contributed by atoms with E-state index in [0.717, 1.165) is 64.2 Å². The van der Waals surface area contributed by atoms with Gasteiger partial charge in [0.2, 0.25) is 0 Å². The van der Waals surface area contributed by atoms with Crippen molar-refractivity contribution in [1.29, 1.82) is 0 Å². The first kappa shape index (κ1) is 58.0. The topological polar surface area (TPSA) is 269 Å². The van der Waals surface area contributed by atoms with E-state index < -0.39 is 83.5 Å². The molecule has 7 N–H and O–H groups in total. The Balaban J connectivity index is 1.83. The first-order valence-electron chi connectivity index (χ1n) is 23.3. The summed E-state index contributed by atoms with van der Waals surface area (Å²) in [4.78, 5) is 54.3. The lowest BCUT2D eigenvalue weighted by atomic mass is 9.85. The lowest BCUT2D eigenvalue weighted by Crippen LogP contribution is -2.64. The van der Waals surface area contributed by atoms with Crippen molar-refractivity contribution in [3.05, 3.63) is 48.6 Å². The molecular weight excluding hydrogens is 874 g/mol. The van der Waals surface area contributed by atoms with Crippen LogP contribution < -0.4 is 0 Å². The van der Waals surface area contributed by atoms with Crippen LogP contribution in [0.1, 0.15) is 155 Å². The van der Waals surface area contributed by atoms with Crippen LogP contribution in [0.3, 0.4) is 0 Å². The number of phosphoric ester groups is 2. The van der Waals surface area contributed by atoms with Gasteiger partial charge >= 0.3 is 27.6 Å². The highest BCUT2D eigenvalue weighted by Crippen LogP contribution is 2.49. The first-order chi connectivity index (χ1) is 30.6. The minimum atomic E-state index is -5.37. The number of aliphatic hydroxyl groups is 4. The summed E-state index contributed by atoms with van der Waals surface area (Å²) in [6.45, 7) is 2.98. The maximum absolute atomic E-state index is 13.0. The summed E-state index contributed by atoms with van der Waals surface area (Å²) < 4.78 is 55.0. The Bertz CT molecular complexity index is 1500. The second-order valence-corrected chi connectivity index (χ2v) is 19.1. The molecule has 0 bridgehead atoms. The molecule has 0 aromatic carbocycles. The fourth-order valence-electron chi connectivity index (χ4n) is 6.99. The largest absolute Gasteiger partial charge is 0.472 e. The molecule has 2 rings (SSSR count). The minimum Gasteiger partial charge on any atom is -0.462 e. The SMILES string of the molecule is CCCCC/C=C\C/C=C\CC1OC1C/C=C\CCCC(=O)OC[C@H](COP(=O)(O)O[C@H]1C(O)C(O)C(O)[C@@H](OP(=O)(O)O)C1O)OC(=O)CCCCCCC/C=C\CCCCCC. The molecule has 0 aromatic rings. The predicted molar refractivity (Wildman–Crippen MR) is 241 cm³/mol. The van der Waals surface area contributed by atoms with Crippen LogP contribution in [0, 0.1) is 0 Å². The van der Waals surface area contributed by atoms with Crippen molar-refractivity contribution in [2.75, 3.05) is 13.2 Å². The maximum Gasteiger partial charge on any atom is 0.472 e. The Morgan fingerprint density at radius 1 is 0.562 bits per heavy atom. The summed E-state index contributed by atoms with van der Waals surface area (Å²) in [5.74, 6) is -1.29. The average Bonchev–Trinajstić information content (AvgIpc) is 4.01. The Morgan fingerprint density at radius 2 is 1.05 bits per heavy atom. The zero-order chi connectivity index (χ0) is 47.2. The molecule has 0 radical (unpaired) electrons. The molecule has 17 nitrogen and oxygen atoms in total. The Morgan fingerprint density at radius 3 is 1.69 bits per heavy atom. The zero-order valence-corrected chi connectivity index (χ0v) is 39.7. The van der Waals surface area contributed by atoms with Crippen molar-refractivity contribution >= 4 is 27.6 Å². The van der Waals surface area contributed by atoms with E-state index >= 15 is 0 Å². The first-order valence-corrected chi connectivity index (χ1v) is 26.3. The molecule has 1 aliphatic heterocycles. The molecule has 64 heavy (non-hydrogen) atoms. The number of carbonyl (C=O) groups excluding carboxylic acids is 2. The smallest absolute Gasteiger partial charge is 0.462 e. The van der Waals surface area contributed by atoms with Crippen LogP contribution in [0.2, 0.25) is 0 Å². The van der Waals surface area contributed by atoms with Gasteiger partial charge in [0.05, 0.1) is 18.8 Å². The quantitative estimate of drug-likeness (QED) is 0.0104. The fourth-order valence-corrected chi connectivity index (χ4v) is 8.53. The van der Waals surface area contributed by atoms with Gasteiger partial charge in [0.15, 0.2) is 6.10 Å². The molecule has 0 aromatic heterocycles. The van der Waals surface area contributed by atoms with Gasteiger partial charge in [-0.1, -0.05) is 114 Å². The Hall–Kier alpha value is -2.08. The number of hydrogen-bond acceptors (Lipinski definition) is 14. The summed E-state index contributed by atoms with van der Waals surface area (Å²) >= 11 is 0. The molecule has 2 aliphatic rings. The van der Waals surface area contributed by atoms with Crippen LogP contribution >= 0.6 is 15.6 Å². The van der Waals surface area contributed by atoms with Gasteiger partial charge in [-0.25, -0.2) is 9.13 Å². The van der Waals surface area contributed by atoms with Crippen molar-refractivity contribution < 1.29 is 81.6 Å². The van der Waals surface area contributed by atoms with Crippen LogP contribution in [0.25, 0.3) is 0 Å². The van der Waals surface area contributed by atoms with Gasteiger partial charge < -0.3 is 49.3 Å². The predicted octanol–water partition coefficient (Wildman–Crippen LogP) is 7.49. The monoisotopic (exact) mass is 952 g/mol. The van der Waals surface area contributed by atoms with E-state index in [9.17, 15) is 44.0 Å². The normalized spacial score (nSPS) is 25.4. The number of allylic oxidation sites excluding steroid dienone is 6. The molecular formula is C45H78O17P2. The van der Waals surface area contributed by atoms with Gasteiger partial charge in [-0.15, -0.1) is 0 Å². The molecule has 0 spiro atoms. The number of carbonyl (C=O) groups is 2. The van der Waals surface area contributed by atoms with Crippen LogP contribution in [0.15, 0.2) is 48.6 Å². The maximum atomic E-state index is 13.0. The molecule has 1 aliphatic carbocycles. The van der Waals surface area contributed by atoms with E-state index in [2.05, 4.69) is 54.8 Å². The van der Waals surface area contributed by atoms with Crippen molar-refractivity contribution in [3.63, 3.8) is 0 Å². The summed E-state index contributed by atoms with van der Waals surface area (Å²) in [6, 6.07) is 0. The molecule has 7 unspecified atom stereocenters. The van der Waals surface area contributed by atoms with Crippen LogP contribution in [-0.4, -0.2) is 115 Å². The van der Waals surface area contributed by atoms with E-state index in [1.165, 1.54) is 44.9 Å². The second-order valence-electron chi connectivity index (χ2n) is 16.5. The number of rotatable bonds is 37. The molecule has 1 saturated heterocycles. The molecule has 0 amide bonds. The standard InChI is InChI=1S/C45H78O17P2/c1-3-5-7-9-11-13-14-15-16-18-20-22-28-32-39(47)59-35(34-58-64(55,56)62-45-42(50)40(48)41(49)44(43(45)51)61-63(52,53)54)33-57-38(46)31-27-24-23-26-30-37-36(60-37)29-25-21-19-17-12-10-8-6-4-2/h12-14,17,21,23,25-26,35-37,40-45,48-51H,3-11,15-16,18-20,22,24,27-34H2,1-2H3,(H,55,56)(H2,52,53,54)/b14-13-,17-12-,25-21-,26-23-/t35-,36?,37?,40?,41?,42?,43?,44-,45+/m1/s1. The molecule has 2 fully saturated rings. The molecule has 1 saturated carbocycles. The number of epoxide rings is 1. The third-order valence-electron chi connectivity index (χ3n) is 10.8. The lowest BCUT2D eigenvalue weighted by molar-refractivity contribution is -0.216. The Labute approximate surface area is 380 Å². The highest BCUT2D eigenvalue weighted by Gasteiger charge is 2.54. The van der Waals surface area contributed by atoms with E-state index in [0.29, 0.717) is 19.3 Å². The van der Waals surface area contributed by atoms with Crippen molar-refractivity contribution in [1.82, 2.24) is 0 Å². The number of hydrogen-bond donors (Lipinski definition) is 7. The number of phosphoric acid groups is 2. The van der Waals surface area contributed by atoms with E-state index in [1.54, 1.807) is 0 Å². The number of esters is 2. The molecule has 1 heterocycles. The van der Waals surface area contributed by atoms with Gasteiger partial charge in [0, 0.05) is 12.8 Å². The summed E-state index contributed by atoms with van der Waals surface area (Å²) in [6.07, 6.45) is 22.5. The zero-order valence-electron chi connectivity index (χ0n) is 37.9. The van der Waals surface area contributed by atoms with Gasteiger partial charge in [-0.3, -0.25) is 23.2 Å². The van der Waals surface area contributed by atoms with Gasteiger partial charge in [-0.05, 0) is 77.0 Å². The van der Waals surface area contributed by atoms with Gasteiger partial charge in [-0.2, -0.15) is 0 Å². The third kappa shape index (κ3) is 26.9. The Kier molecular flexibility index (Phi) is 30.3. The van der Waals surface area contributed by atoms with Crippen LogP contribution in [-0.2, 0) is 46.5 Å². The number of unbranched alkanes of at least 4 members (excludes halogenated alkanes) is 13. The van der Waals surface area contributed by atoms with E-state index in [-0.39, 0.29) is 25.0 Å². The average molecular weight is 953 g/mol. The van der Waals surface area contributed by atoms with Crippen molar-refractivity contribution in [2.24, 2.45) is 0 Å². The summed E-state index contributed by atoms with van der Waals surface area (Å²) in [5, 5.41) is 41.2. The molecule has 370 valence electrons. The highest BCUT2D eigenvalue weighted by molar-refractivity contribution is 7.47. The summed E-state index contributed by atoms with van der Waals surface area (Å²) in [5.41, 5.74) is 0. The van der Waals surface area contributed by atoms with Crippen LogP contribution in [0.5, 0.6) is 0 Å². The van der Waals surface area contributed by atoms with Gasteiger partial charge in [0.25, 0.3) is 0 Å². The summed E-state index contributed by atoms with van der Waals surface area (Å²) in [7, 11) is -10.7.